The maximum atomic E-state index is 13.0. The molecule has 2 atom stereocenters. The average molecular weight is 388 g/mol. The molecule has 0 saturated carbocycles. The van der Waals surface area contributed by atoms with Crippen LogP contribution in [0.15, 0.2) is 42.5 Å². The standard InChI is InChI=1S/C21H22BF3NO2/c1-3-14(15-5-4-6-18(10-15)21(23,24)25)9-13(2)26-20(27)16-7-8-17-12-28-22-19(17)11-16/h4-8,10-11,13-14H,3,9,12H2,1-2H3,(H,26,27). The van der Waals surface area contributed by atoms with E-state index in [9.17, 15) is 18.0 Å². The number of nitrogens with one attached hydrogen (secondary N) is 1. The second-order valence-corrected chi connectivity index (χ2v) is 7.18. The van der Waals surface area contributed by atoms with Crippen LogP contribution < -0.4 is 10.8 Å². The fourth-order valence-corrected chi connectivity index (χ4v) is 3.50. The molecule has 1 amide bonds. The fraction of sp³-hybridized carbons (Fsp3) is 0.381. The molecular formula is C21H22BF3NO2. The molecule has 1 radical (unpaired) electrons. The Morgan fingerprint density at radius 3 is 2.75 bits per heavy atom. The van der Waals surface area contributed by atoms with Crippen LogP contribution in [0.1, 0.15) is 59.7 Å². The van der Waals surface area contributed by atoms with Crippen LogP contribution in [0.25, 0.3) is 0 Å². The molecule has 2 unspecified atom stereocenters. The number of rotatable bonds is 6. The maximum Gasteiger partial charge on any atom is 0.416 e. The summed E-state index contributed by atoms with van der Waals surface area (Å²) in [7, 11) is 1.64. The first-order chi connectivity index (χ1) is 13.3. The maximum absolute atomic E-state index is 13.0. The van der Waals surface area contributed by atoms with E-state index >= 15 is 0 Å². The molecule has 3 rings (SSSR count). The van der Waals surface area contributed by atoms with Gasteiger partial charge in [-0.3, -0.25) is 4.79 Å². The number of alkyl halides is 3. The Morgan fingerprint density at radius 2 is 2.04 bits per heavy atom. The Kier molecular flexibility index (Phi) is 6.13. The first-order valence-corrected chi connectivity index (χ1v) is 9.33. The van der Waals surface area contributed by atoms with Crippen molar-refractivity contribution in [3.05, 3.63) is 64.7 Å². The highest BCUT2D eigenvalue weighted by molar-refractivity contribution is 6.49. The molecule has 1 aliphatic rings. The minimum absolute atomic E-state index is 0.0700. The average Bonchev–Trinajstić information content (AvgIpc) is 3.13. The zero-order valence-electron chi connectivity index (χ0n) is 15.8. The number of carbonyl (C=O) groups is 1. The largest absolute Gasteiger partial charge is 0.430 e. The summed E-state index contributed by atoms with van der Waals surface area (Å²) in [5.41, 5.74) is 2.48. The molecule has 1 aliphatic heterocycles. The van der Waals surface area contributed by atoms with Gasteiger partial charge in [0.15, 0.2) is 0 Å². The van der Waals surface area contributed by atoms with Crippen molar-refractivity contribution in [3.8, 4) is 0 Å². The smallest absolute Gasteiger partial charge is 0.416 e. The van der Waals surface area contributed by atoms with Crippen molar-refractivity contribution in [1.82, 2.24) is 5.32 Å². The second kappa shape index (κ2) is 8.39. The van der Waals surface area contributed by atoms with Crippen molar-refractivity contribution in [3.63, 3.8) is 0 Å². The summed E-state index contributed by atoms with van der Waals surface area (Å²) in [6.07, 6.45) is -3.11. The van der Waals surface area contributed by atoms with Gasteiger partial charge in [-0.05, 0) is 54.4 Å². The molecule has 7 heteroatoms. The summed E-state index contributed by atoms with van der Waals surface area (Å²) in [5.74, 6) is -0.270. The lowest BCUT2D eigenvalue weighted by Crippen LogP contribution is -2.34. The van der Waals surface area contributed by atoms with Crippen molar-refractivity contribution in [2.75, 3.05) is 0 Å². The van der Waals surface area contributed by atoms with Crippen LogP contribution >= 0.6 is 0 Å². The SMILES string of the molecule is CCC(CC(C)NC(=O)c1ccc2c(c1)[B]OC2)c1cccc(C(F)(F)F)c1. The Balaban J connectivity index is 1.66. The normalized spacial score (nSPS) is 15.5. The minimum atomic E-state index is -4.36. The van der Waals surface area contributed by atoms with E-state index in [4.69, 9.17) is 4.65 Å². The number of fused-ring (bicyclic) bond motifs is 1. The van der Waals surface area contributed by atoms with Gasteiger partial charge in [-0.15, -0.1) is 0 Å². The second-order valence-electron chi connectivity index (χ2n) is 7.18. The zero-order chi connectivity index (χ0) is 20.3. The zero-order valence-corrected chi connectivity index (χ0v) is 15.8. The minimum Gasteiger partial charge on any atom is -0.430 e. The summed E-state index contributed by atoms with van der Waals surface area (Å²) < 4.78 is 44.2. The lowest BCUT2D eigenvalue weighted by atomic mass is 9.86. The van der Waals surface area contributed by atoms with Gasteiger partial charge in [0, 0.05) is 11.6 Å². The van der Waals surface area contributed by atoms with E-state index in [1.165, 1.54) is 12.1 Å². The van der Waals surface area contributed by atoms with Crippen LogP contribution in [0.3, 0.4) is 0 Å². The predicted octanol–water partition coefficient (Wildman–Crippen LogP) is 4.18. The number of hydrogen-bond donors (Lipinski definition) is 1. The van der Waals surface area contributed by atoms with Crippen LogP contribution in [0.4, 0.5) is 13.2 Å². The van der Waals surface area contributed by atoms with Gasteiger partial charge >= 0.3 is 13.7 Å². The van der Waals surface area contributed by atoms with Crippen LogP contribution in [0.5, 0.6) is 0 Å². The van der Waals surface area contributed by atoms with Gasteiger partial charge in [-0.1, -0.05) is 37.3 Å². The van der Waals surface area contributed by atoms with Crippen molar-refractivity contribution in [2.24, 2.45) is 0 Å². The first-order valence-electron chi connectivity index (χ1n) is 9.33. The summed E-state index contributed by atoms with van der Waals surface area (Å²) >= 11 is 0. The van der Waals surface area contributed by atoms with Gasteiger partial charge in [0.2, 0.25) is 0 Å². The van der Waals surface area contributed by atoms with Crippen molar-refractivity contribution in [1.29, 1.82) is 0 Å². The molecule has 28 heavy (non-hydrogen) atoms. The van der Waals surface area contributed by atoms with Gasteiger partial charge in [0.05, 0.1) is 12.2 Å². The molecule has 0 saturated heterocycles. The van der Waals surface area contributed by atoms with Crippen LogP contribution in [0.2, 0.25) is 0 Å². The molecule has 2 aromatic rings. The third-order valence-corrected chi connectivity index (χ3v) is 5.05. The van der Waals surface area contributed by atoms with E-state index in [2.05, 4.69) is 5.32 Å². The molecule has 0 spiro atoms. The topological polar surface area (TPSA) is 38.3 Å². The number of carbonyl (C=O) groups excluding carboxylic acids is 1. The highest BCUT2D eigenvalue weighted by Crippen LogP contribution is 2.33. The fourth-order valence-electron chi connectivity index (χ4n) is 3.50. The third kappa shape index (κ3) is 4.76. The van der Waals surface area contributed by atoms with E-state index in [-0.39, 0.29) is 17.9 Å². The predicted molar refractivity (Wildman–Crippen MR) is 103 cm³/mol. The Morgan fingerprint density at radius 1 is 1.25 bits per heavy atom. The molecule has 3 nitrogen and oxygen atoms in total. The highest BCUT2D eigenvalue weighted by atomic mass is 19.4. The first kappa shape index (κ1) is 20.5. The molecule has 2 aromatic carbocycles. The van der Waals surface area contributed by atoms with E-state index in [0.717, 1.165) is 17.1 Å². The summed E-state index contributed by atoms with van der Waals surface area (Å²) in [5, 5.41) is 2.95. The summed E-state index contributed by atoms with van der Waals surface area (Å²) in [6.45, 7) is 4.33. The van der Waals surface area contributed by atoms with Crippen molar-refractivity contribution in [2.45, 2.75) is 51.4 Å². The number of halogens is 3. The van der Waals surface area contributed by atoms with Gasteiger partial charge in [0.25, 0.3) is 5.91 Å². The van der Waals surface area contributed by atoms with E-state index in [0.29, 0.717) is 30.6 Å². The molecule has 0 bridgehead atoms. The van der Waals surface area contributed by atoms with Gasteiger partial charge in [-0.25, -0.2) is 0 Å². The van der Waals surface area contributed by atoms with Crippen LogP contribution in [-0.2, 0) is 17.4 Å². The summed E-state index contributed by atoms with van der Waals surface area (Å²) in [4.78, 5) is 12.5. The Hall–Kier alpha value is -2.28. The molecule has 0 fully saturated rings. The number of benzene rings is 2. The molecule has 0 aliphatic carbocycles. The van der Waals surface area contributed by atoms with Crippen LogP contribution in [-0.4, -0.2) is 19.4 Å². The quantitative estimate of drug-likeness (QED) is 0.754. The van der Waals surface area contributed by atoms with Crippen LogP contribution in [0, 0.1) is 0 Å². The number of hydrogen-bond acceptors (Lipinski definition) is 2. The van der Waals surface area contributed by atoms with E-state index < -0.39 is 11.7 Å². The van der Waals surface area contributed by atoms with Crippen molar-refractivity contribution < 1.29 is 22.6 Å². The van der Waals surface area contributed by atoms with Gasteiger partial charge in [0.1, 0.15) is 0 Å². The molecule has 147 valence electrons. The van der Waals surface area contributed by atoms with Gasteiger partial charge < -0.3 is 9.97 Å². The molecular weight excluding hydrogens is 366 g/mol. The van der Waals surface area contributed by atoms with E-state index in [1.807, 2.05) is 19.9 Å². The van der Waals surface area contributed by atoms with Crippen molar-refractivity contribution >= 4 is 18.9 Å². The number of amides is 1. The Bertz CT molecular complexity index is 854. The third-order valence-electron chi connectivity index (χ3n) is 5.05. The highest BCUT2D eigenvalue weighted by Gasteiger charge is 2.31. The molecule has 0 aromatic heterocycles. The lowest BCUT2D eigenvalue weighted by Gasteiger charge is -2.22. The monoisotopic (exact) mass is 388 g/mol. The van der Waals surface area contributed by atoms with Gasteiger partial charge in [-0.2, -0.15) is 13.2 Å². The molecule has 1 heterocycles. The Labute approximate surface area is 163 Å². The lowest BCUT2D eigenvalue weighted by molar-refractivity contribution is -0.137. The van der Waals surface area contributed by atoms with E-state index in [1.54, 1.807) is 25.7 Å². The summed E-state index contributed by atoms with van der Waals surface area (Å²) in [6, 6.07) is 10.7. The molecule has 1 N–H and O–H groups in total.